The third kappa shape index (κ3) is 33.0. The van der Waals surface area contributed by atoms with Gasteiger partial charge in [0.05, 0.1) is 19.8 Å². The molecular weight excluding hydrogens is 801 g/mol. The van der Waals surface area contributed by atoms with Gasteiger partial charge < -0.3 is 34.3 Å². The van der Waals surface area contributed by atoms with Crippen molar-refractivity contribution in [1.82, 2.24) is 0 Å². The molecule has 1 aliphatic heterocycles. The van der Waals surface area contributed by atoms with E-state index in [1.165, 1.54) is 64.2 Å². The van der Waals surface area contributed by atoms with Crippen LogP contribution in [-0.2, 0) is 38.3 Å². The average Bonchev–Trinajstić information content (AvgIpc) is 3.23. The lowest BCUT2D eigenvalue weighted by atomic mass is 9.99. The molecule has 0 amide bonds. The summed E-state index contributed by atoms with van der Waals surface area (Å²) in [7, 11) is -5.07. The molecule has 0 aromatic heterocycles. The van der Waals surface area contributed by atoms with Gasteiger partial charge in [-0.1, -0.05) is 152 Å². The first kappa shape index (κ1) is 56.8. The van der Waals surface area contributed by atoms with Gasteiger partial charge in [-0.25, -0.2) is 4.18 Å². The number of aliphatic hydroxyl groups excluding tert-OH is 3. The molecule has 61 heavy (non-hydrogen) atoms. The van der Waals surface area contributed by atoms with Crippen LogP contribution in [-0.4, -0.2) is 97.5 Å². The number of hydrogen-bond donors (Lipinski definition) is 4. The summed E-state index contributed by atoms with van der Waals surface area (Å²) in [5, 5.41) is 30.7. The number of rotatable bonds is 40. The predicted octanol–water partition coefficient (Wildman–Crippen LogP) is 10.1. The molecule has 13 heteroatoms. The van der Waals surface area contributed by atoms with Crippen LogP contribution in [0.1, 0.15) is 174 Å². The molecule has 6 atom stereocenters. The van der Waals surface area contributed by atoms with E-state index in [0.717, 1.165) is 83.5 Å². The zero-order chi connectivity index (χ0) is 44.7. The molecule has 6 unspecified atom stereocenters. The van der Waals surface area contributed by atoms with Gasteiger partial charge in [0, 0.05) is 13.0 Å². The Bertz CT molecular complexity index is 1300. The van der Waals surface area contributed by atoms with E-state index >= 15 is 0 Å². The van der Waals surface area contributed by atoms with Gasteiger partial charge in [-0.15, -0.1) is 0 Å². The molecule has 0 bridgehead atoms. The SMILES string of the molecule is CC/C=C\C/C=C\C/C=C\CCCCCCCCOCC(COC1OC(CO)C(O)C(OS(=O)(=O)O)C1O)OC(=O)CCCCCCCCC/C=C\C/C=C\CCCCCC. The van der Waals surface area contributed by atoms with E-state index in [2.05, 4.69) is 78.8 Å². The molecule has 0 aliphatic carbocycles. The fourth-order valence-electron chi connectivity index (χ4n) is 6.83. The van der Waals surface area contributed by atoms with Crippen molar-refractivity contribution in [2.45, 2.75) is 211 Å². The van der Waals surface area contributed by atoms with Gasteiger partial charge in [0.25, 0.3) is 0 Å². The van der Waals surface area contributed by atoms with Crippen molar-refractivity contribution < 1.29 is 56.2 Å². The highest BCUT2D eigenvalue weighted by Crippen LogP contribution is 2.26. The van der Waals surface area contributed by atoms with E-state index in [0.29, 0.717) is 13.0 Å². The Kier molecular flexibility index (Phi) is 36.7. The topological polar surface area (TPSA) is 178 Å². The molecule has 1 rings (SSSR count). The van der Waals surface area contributed by atoms with Gasteiger partial charge in [0.1, 0.15) is 30.5 Å². The highest BCUT2D eigenvalue weighted by Gasteiger charge is 2.48. The Morgan fingerprint density at radius 1 is 0.639 bits per heavy atom. The van der Waals surface area contributed by atoms with Crippen LogP contribution in [0.4, 0.5) is 0 Å². The number of unbranched alkanes of at least 4 members (excludes halogenated alkanes) is 17. The molecule has 1 aliphatic rings. The summed E-state index contributed by atoms with van der Waals surface area (Å²) in [5.41, 5.74) is 0. The maximum absolute atomic E-state index is 12.9. The van der Waals surface area contributed by atoms with Crippen LogP contribution < -0.4 is 0 Å². The second-order valence-corrected chi connectivity index (χ2v) is 17.0. The second-order valence-electron chi connectivity index (χ2n) is 16.0. The van der Waals surface area contributed by atoms with Crippen LogP contribution in [0.3, 0.4) is 0 Å². The summed E-state index contributed by atoms with van der Waals surface area (Å²) < 4.78 is 59.1. The Labute approximate surface area is 369 Å². The molecule has 0 saturated carbocycles. The lowest BCUT2D eigenvalue weighted by Crippen LogP contribution is -2.60. The molecule has 12 nitrogen and oxygen atoms in total. The summed E-state index contributed by atoms with van der Waals surface area (Å²) in [4.78, 5) is 12.9. The second kappa shape index (κ2) is 39.4. The Morgan fingerprint density at radius 3 is 1.66 bits per heavy atom. The van der Waals surface area contributed by atoms with Crippen LogP contribution in [0.2, 0.25) is 0 Å². The smallest absolute Gasteiger partial charge is 0.397 e. The number of allylic oxidation sites excluding steroid dienone is 10. The van der Waals surface area contributed by atoms with Crippen molar-refractivity contribution in [1.29, 1.82) is 0 Å². The predicted molar refractivity (Wildman–Crippen MR) is 243 cm³/mol. The number of carbonyl (C=O) groups excluding carboxylic acids is 1. The monoisotopic (exact) mass is 885 g/mol. The number of esters is 1. The first-order valence-corrected chi connectivity index (χ1v) is 24.9. The van der Waals surface area contributed by atoms with E-state index in [-0.39, 0.29) is 19.6 Å². The van der Waals surface area contributed by atoms with Gasteiger partial charge in [-0.3, -0.25) is 9.35 Å². The Balaban J connectivity index is 2.43. The highest BCUT2D eigenvalue weighted by molar-refractivity contribution is 7.80. The molecule has 1 heterocycles. The molecule has 354 valence electrons. The third-order valence-electron chi connectivity index (χ3n) is 10.4. The standard InChI is InChI=1S/C48H84O12S/c1-3-5-7-9-11-13-15-17-19-21-22-23-25-27-29-31-33-35-37-44(50)58-42(41-57-48-46(52)47(60-61(53,54)55)45(51)43(39-49)59-48)40-56-38-36-34-32-30-28-26-24-20-18-16-14-12-10-8-6-4-2/h6,8,12-15,18-21,42-43,45-49,51-52H,3-5,7,9-11,16-17,22-41H2,1-2H3,(H,53,54,55)/b8-6-,14-12-,15-13-,20-18-,21-19-. The van der Waals surface area contributed by atoms with Crippen molar-refractivity contribution in [3.63, 3.8) is 0 Å². The minimum absolute atomic E-state index is 0.0214. The summed E-state index contributed by atoms with van der Waals surface area (Å²) in [6, 6.07) is 0. The van der Waals surface area contributed by atoms with E-state index in [1.807, 2.05) is 0 Å². The summed E-state index contributed by atoms with van der Waals surface area (Å²) >= 11 is 0. The lowest BCUT2D eigenvalue weighted by molar-refractivity contribution is -0.301. The van der Waals surface area contributed by atoms with E-state index in [1.54, 1.807) is 0 Å². The van der Waals surface area contributed by atoms with Crippen LogP contribution in [0.25, 0.3) is 0 Å². The number of carbonyl (C=O) groups is 1. The zero-order valence-electron chi connectivity index (χ0n) is 37.7. The van der Waals surface area contributed by atoms with Crippen molar-refractivity contribution in [2.75, 3.05) is 26.4 Å². The molecule has 0 spiro atoms. The molecule has 4 N–H and O–H groups in total. The van der Waals surface area contributed by atoms with E-state index in [4.69, 9.17) is 23.5 Å². The minimum Gasteiger partial charge on any atom is -0.457 e. The summed E-state index contributed by atoms with van der Waals surface area (Å²) in [5.74, 6) is -0.414. The number of aliphatic hydroxyl groups is 3. The first-order valence-electron chi connectivity index (χ1n) is 23.5. The van der Waals surface area contributed by atoms with E-state index in [9.17, 15) is 28.5 Å². The van der Waals surface area contributed by atoms with Crippen molar-refractivity contribution in [2.24, 2.45) is 0 Å². The number of ether oxygens (including phenoxy) is 4. The summed E-state index contributed by atoms with van der Waals surface area (Å²) in [6.07, 6.45) is 39.6. The van der Waals surface area contributed by atoms with E-state index < -0.39 is 59.8 Å². The van der Waals surface area contributed by atoms with Gasteiger partial charge in [-0.05, 0) is 77.0 Å². The minimum atomic E-state index is -5.07. The summed E-state index contributed by atoms with van der Waals surface area (Å²) in [6.45, 7) is 3.82. The molecule has 1 fully saturated rings. The third-order valence-corrected chi connectivity index (χ3v) is 10.8. The van der Waals surface area contributed by atoms with Crippen molar-refractivity contribution >= 4 is 16.4 Å². The molecular formula is C48H84O12S. The van der Waals surface area contributed by atoms with Gasteiger partial charge in [0.15, 0.2) is 6.29 Å². The molecule has 0 aromatic carbocycles. The highest BCUT2D eigenvalue weighted by atomic mass is 32.3. The van der Waals surface area contributed by atoms with Crippen molar-refractivity contribution in [3.8, 4) is 0 Å². The number of hydrogen-bond acceptors (Lipinski definition) is 11. The van der Waals surface area contributed by atoms with Gasteiger partial charge in [-0.2, -0.15) is 8.42 Å². The average molecular weight is 885 g/mol. The molecule has 0 radical (unpaired) electrons. The Hall–Kier alpha value is -2.20. The van der Waals surface area contributed by atoms with Crippen LogP contribution in [0.15, 0.2) is 60.8 Å². The fraction of sp³-hybridized carbons (Fsp3) is 0.771. The fourth-order valence-corrected chi connectivity index (χ4v) is 7.34. The van der Waals surface area contributed by atoms with Gasteiger partial charge >= 0.3 is 16.4 Å². The van der Waals surface area contributed by atoms with Crippen LogP contribution in [0, 0.1) is 0 Å². The largest absolute Gasteiger partial charge is 0.457 e. The normalized spacial score (nSPS) is 20.7. The van der Waals surface area contributed by atoms with Gasteiger partial charge in [0.2, 0.25) is 0 Å². The lowest BCUT2D eigenvalue weighted by Gasteiger charge is -2.41. The maximum atomic E-state index is 12.9. The van der Waals surface area contributed by atoms with Crippen LogP contribution in [0.5, 0.6) is 0 Å². The zero-order valence-corrected chi connectivity index (χ0v) is 38.5. The van der Waals surface area contributed by atoms with Crippen LogP contribution >= 0.6 is 0 Å². The van der Waals surface area contributed by atoms with Crippen molar-refractivity contribution in [3.05, 3.63) is 60.8 Å². The molecule has 0 aromatic rings. The quantitative estimate of drug-likeness (QED) is 0.0198. The molecule has 1 saturated heterocycles. The first-order chi connectivity index (χ1) is 29.6. The maximum Gasteiger partial charge on any atom is 0.397 e. The Morgan fingerprint density at radius 2 is 1.13 bits per heavy atom.